The second kappa shape index (κ2) is 30.7. The van der Waals surface area contributed by atoms with Gasteiger partial charge >= 0.3 is 0 Å². The van der Waals surface area contributed by atoms with Crippen molar-refractivity contribution in [3.8, 4) is 158 Å². The van der Waals surface area contributed by atoms with Crippen molar-refractivity contribution >= 4 is 85.6 Å². The summed E-state index contributed by atoms with van der Waals surface area (Å²) in [4.78, 5) is 55.6. The van der Waals surface area contributed by atoms with Crippen LogP contribution in [0.4, 0.5) is 0 Å². The predicted molar refractivity (Wildman–Crippen MR) is 479 cm³/mol. The molecule has 22 aromatic rings. The SMILES string of the molecule is c1ccc(-c2ccc(-c3nc(-c4ccccc4)nc(-c4ccc(-c5ccc(-c6cccc(-c7ncnc8c7sc7nc9ccccc9nc78)c6)cc5)cc4)n3)cc2)cc1.c1ccc(-c2ccc(-c3nc(-c4ccccc4)nc(-c4ccc(-c5ccc(-c6cccc(-c7nnnc8c7sc7nc9ccccc9cc78)c6)cc5)cc4)n3)cc2)cc1. The summed E-state index contributed by atoms with van der Waals surface area (Å²) in [5.74, 6) is 3.79. The Bertz CT molecular complexity index is 7040. The van der Waals surface area contributed by atoms with Crippen molar-refractivity contribution in [2.75, 3.05) is 0 Å². The Labute approximate surface area is 685 Å². The molecule has 14 nitrogen and oxygen atoms in total. The Balaban J connectivity index is 0.000000147. The highest BCUT2D eigenvalue weighted by Gasteiger charge is 2.21. The van der Waals surface area contributed by atoms with Crippen LogP contribution in [0.1, 0.15) is 0 Å². The van der Waals surface area contributed by atoms with Crippen molar-refractivity contribution in [2.45, 2.75) is 0 Å². The number of hydrogen-bond donors (Lipinski definition) is 0. The van der Waals surface area contributed by atoms with E-state index in [1.165, 1.54) is 11.1 Å². The van der Waals surface area contributed by atoms with Gasteiger partial charge in [-0.2, -0.15) is 0 Å². The van der Waals surface area contributed by atoms with Gasteiger partial charge in [0.05, 0.1) is 31.6 Å². The van der Waals surface area contributed by atoms with E-state index in [9.17, 15) is 0 Å². The molecule has 0 aliphatic heterocycles. The van der Waals surface area contributed by atoms with Crippen LogP contribution in [0.25, 0.3) is 221 Å². The van der Waals surface area contributed by atoms with Crippen molar-refractivity contribution in [1.29, 1.82) is 0 Å². The number of para-hydroxylation sites is 3. The highest BCUT2D eigenvalue weighted by atomic mass is 32.1. The van der Waals surface area contributed by atoms with Gasteiger partial charge in [-0.1, -0.05) is 334 Å². The molecule has 118 heavy (non-hydrogen) atoms. The highest BCUT2D eigenvalue weighted by molar-refractivity contribution is 7.26. The molecular weight excluding hydrogens is 1490 g/mol. The summed E-state index contributed by atoms with van der Waals surface area (Å²) in [5, 5.41) is 15.2. The summed E-state index contributed by atoms with van der Waals surface area (Å²) in [6.07, 6.45) is 1.63. The number of aromatic nitrogens is 14. The Morgan fingerprint density at radius 3 is 0.924 bits per heavy atom. The van der Waals surface area contributed by atoms with Crippen LogP contribution < -0.4 is 0 Å². The fraction of sp³-hybridized carbons (Fsp3) is 0. The Hall–Kier alpha value is -15.6. The van der Waals surface area contributed by atoms with Crippen LogP contribution in [-0.2, 0) is 0 Å². The maximum Gasteiger partial charge on any atom is 0.164 e. The largest absolute Gasteiger partial charge is 0.241 e. The summed E-state index contributed by atoms with van der Waals surface area (Å²) < 4.78 is 1.96. The van der Waals surface area contributed by atoms with Crippen molar-refractivity contribution in [1.82, 2.24) is 70.2 Å². The zero-order valence-corrected chi connectivity index (χ0v) is 64.5. The van der Waals surface area contributed by atoms with Gasteiger partial charge in [0.15, 0.2) is 34.9 Å². The topological polar surface area (TPSA) is 180 Å². The molecule has 8 aromatic heterocycles. The van der Waals surface area contributed by atoms with Crippen LogP contribution in [0.3, 0.4) is 0 Å². The number of fused-ring (bicyclic) bond motifs is 8. The molecule has 14 aromatic carbocycles. The fourth-order valence-corrected chi connectivity index (χ4v) is 17.2. The van der Waals surface area contributed by atoms with E-state index in [2.05, 4.69) is 275 Å². The first kappa shape index (κ1) is 70.3. The van der Waals surface area contributed by atoms with Crippen LogP contribution in [0.2, 0.25) is 0 Å². The van der Waals surface area contributed by atoms with Gasteiger partial charge in [0.1, 0.15) is 38.2 Å². The van der Waals surface area contributed by atoms with Gasteiger partial charge in [-0.15, -0.1) is 32.9 Å². The van der Waals surface area contributed by atoms with Crippen LogP contribution in [0.15, 0.2) is 376 Å². The fourth-order valence-electron chi connectivity index (χ4n) is 15.0. The van der Waals surface area contributed by atoms with E-state index in [-0.39, 0.29) is 0 Å². The van der Waals surface area contributed by atoms with Gasteiger partial charge in [0.25, 0.3) is 0 Å². The smallest absolute Gasteiger partial charge is 0.164 e. The molecule has 16 heteroatoms. The molecule has 0 atom stereocenters. The minimum absolute atomic E-state index is 0.624. The van der Waals surface area contributed by atoms with E-state index >= 15 is 0 Å². The van der Waals surface area contributed by atoms with Crippen molar-refractivity contribution in [3.63, 3.8) is 0 Å². The summed E-state index contributed by atoms with van der Waals surface area (Å²) in [6.45, 7) is 0. The number of rotatable bonds is 14. The molecule has 0 N–H and O–H groups in total. The lowest BCUT2D eigenvalue weighted by molar-refractivity contribution is 0.904. The third kappa shape index (κ3) is 14.0. The number of benzene rings is 14. The molecule has 8 heterocycles. The summed E-state index contributed by atoms with van der Waals surface area (Å²) in [5.41, 5.74) is 27.9. The lowest BCUT2D eigenvalue weighted by Gasteiger charge is -2.10. The lowest BCUT2D eigenvalue weighted by atomic mass is 9.98. The monoisotopic (exact) mass is 1550 g/mol. The summed E-state index contributed by atoms with van der Waals surface area (Å²) >= 11 is 3.20. The molecular formula is C102H62N14S2. The van der Waals surface area contributed by atoms with Crippen LogP contribution in [0.5, 0.6) is 0 Å². The minimum Gasteiger partial charge on any atom is -0.241 e. The number of nitrogens with zero attached hydrogens (tertiary/aromatic N) is 14. The average Bonchev–Trinajstić information content (AvgIpc) is 1.62. The van der Waals surface area contributed by atoms with E-state index < -0.39 is 0 Å². The van der Waals surface area contributed by atoms with E-state index in [1.807, 2.05) is 115 Å². The zero-order valence-electron chi connectivity index (χ0n) is 62.9. The van der Waals surface area contributed by atoms with E-state index in [1.54, 1.807) is 29.0 Å². The normalized spacial score (nSPS) is 11.4. The predicted octanol–water partition coefficient (Wildman–Crippen LogP) is 25.3. The first-order chi connectivity index (χ1) is 58.4. The van der Waals surface area contributed by atoms with Crippen LogP contribution >= 0.6 is 22.7 Å². The molecule has 0 radical (unpaired) electrons. The quantitative estimate of drug-likeness (QED) is 0.100. The molecule has 552 valence electrons. The Kier molecular flexibility index (Phi) is 18.3. The Morgan fingerprint density at radius 2 is 0.492 bits per heavy atom. The zero-order chi connectivity index (χ0) is 78.2. The maximum absolute atomic E-state index is 4.98. The maximum atomic E-state index is 4.98. The van der Waals surface area contributed by atoms with Gasteiger partial charge in [0.2, 0.25) is 0 Å². The third-order valence-electron chi connectivity index (χ3n) is 21.1. The van der Waals surface area contributed by atoms with Crippen molar-refractivity contribution in [2.24, 2.45) is 0 Å². The highest BCUT2D eigenvalue weighted by Crippen LogP contribution is 2.42. The summed E-state index contributed by atoms with van der Waals surface area (Å²) in [6, 6.07) is 127. The van der Waals surface area contributed by atoms with Crippen molar-refractivity contribution in [3.05, 3.63) is 376 Å². The molecule has 0 unspecified atom stereocenters. The molecule has 0 fully saturated rings. The van der Waals surface area contributed by atoms with Crippen LogP contribution in [-0.4, -0.2) is 70.2 Å². The van der Waals surface area contributed by atoms with Gasteiger partial charge in [0, 0.05) is 55.3 Å². The summed E-state index contributed by atoms with van der Waals surface area (Å²) in [7, 11) is 0. The molecule has 0 amide bonds. The molecule has 0 bridgehead atoms. The van der Waals surface area contributed by atoms with Gasteiger partial charge in [-0.25, -0.2) is 54.8 Å². The van der Waals surface area contributed by atoms with E-state index in [0.29, 0.717) is 34.9 Å². The minimum atomic E-state index is 0.624. The van der Waals surface area contributed by atoms with Gasteiger partial charge in [-0.05, 0) is 108 Å². The molecule has 0 aliphatic carbocycles. The third-order valence-corrected chi connectivity index (χ3v) is 23.3. The van der Waals surface area contributed by atoms with E-state index in [4.69, 9.17) is 49.8 Å². The Morgan fingerprint density at radius 1 is 0.186 bits per heavy atom. The second-order valence-corrected chi connectivity index (χ2v) is 30.5. The average molecular weight is 1550 g/mol. The molecule has 0 saturated heterocycles. The first-order valence-electron chi connectivity index (χ1n) is 38.6. The number of pyridine rings is 1. The standard InChI is InChI=1S/2C51H31N7S/c1-3-10-32(11-4-1)33-22-26-38(27-23-33)49-56-48(37-12-5-2-6-13-37)57-50(58-49)39-28-24-35(25-29-39)34-18-20-36(21-19-34)40-14-9-15-41(30-40)44-47-45(53-31-52-44)46-51(59-47)55-43-17-8-7-16-42(43)54-46;1-3-10-32(11-4-1)33-22-26-38(27-23-33)49-53-48(37-12-5-2-6-13-37)54-50(55-49)39-28-24-35(25-29-39)34-18-20-36(21-19-34)40-15-9-16-42(30-40)45-47-46(57-58-56-45)43-31-41-14-7-8-17-44(41)52-51(43)59-47/h2*1-31H. The molecule has 22 rings (SSSR count). The number of thiophene rings is 2. The molecule has 0 aliphatic rings. The lowest BCUT2D eigenvalue weighted by Crippen LogP contribution is -2.00. The van der Waals surface area contributed by atoms with Gasteiger partial charge in [-0.3, -0.25) is 0 Å². The second-order valence-electron chi connectivity index (χ2n) is 28.5. The van der Waals surface area contributed by atoms with Crippen LogP contribution in [0, 0.1) is 0 Å². The van der Waals surface area contributed by atoms with Gasteiger partial charge < -0.3 is 0 Å². The van der Waals surface area contributed by atoms with Crippen molar-refractivity contribution < 1.29 is 0 Å². The van der Waals surface area contributed by atoms with E-state index in [0.717, 1.165) is 174 Å². The molecule has 0 spiro atoms. The molecule has 0 saturated carbocycles. The first-order valence-corrected chi connectivity index (χ1v) is 40.2. The number of hydrogen-bond acceptors (Lipinski definition) is 16.